The average Bonchev–Trinajstić information content (AvgIpc) is 3.35. The van der Waals surface area contributed by atoms with Crippen LogP contribution in [0.1, 0.15) is 63.0 Å². The highest BCUT2D eigenvalue weighted by molar-refractivity contribution is 7.71. The molecule has 1 atom stereocenters. The van der Waals surface area contributed by atoms with Crippen molar-refractivity contribution >= 4 is 29.8 Å². The molecule has 3 aromatic rings. The second kappa shape index (κ2) is 11.5. The Labute approximate surface area is 213 Å². The second-order valence-corrected chi connectivity index (χ2v) is 10.2. The maximum absolute atomic E-state index is 11.9. The highest BCUT2D eigenvalue weighted by atomic mass is 32.1. The summed E-state index contributed by atoms with van der Waals surface area (Å²) in [4.78, 5) is 21.8. The lowest BCUT2D eigenvalue weighted by Crippen LogP contribution is -2.40. The van der Waals surface area contributed by atoms with E-state index in [1.807, 2.05) is 37.4 Å². The van der Waals surface area contributed by atoms with Crippen molar-refractivity contribution in [3.63, 3.8) is 0 Å². The zero-order valence-electron chi connectivity index (χ0n) is 21.3. The van der Waals surface area contributed by atoms with Crippen LogP contribution in [0.5, 0.6) is 0 Å². The molecule has 188 valence electrons. The van der Waals surface area contributed by atoms with Gasteiger partial charge in [0.25, 0.3) is 5.91 Å². The smallest absolute Gasteiger partial charge is 0.252 e. The van der Waals surface area contributed by atoms with E-state index < -0.39 is 5.91 Å². The number of hydrogen-bond donors (Lipinski definition) is 3. The number of aromatic amines is 1. The standard InChI is InChI=1S/C17H23N5O.C9H14N2S/c1-11-9-17(3,4)21(10-11)16-13(15(18)23)5-6-14(19-16)22-8-7-12(2)20-22;1-2-3-7-10-8-5-4-6-9(12)11-8/h5-8,11H,9-10H2,1-4H3,(H2,18,23);4-6H,2-3,7H2,1H3,(H2,10,11,12). The van der Waals surface area contributed by atoms with E-state index in [1.54, 1.807) is 16.8 Å². The van der Waals surface area contributed by atoms with Gasteiger partial charge in [0.05, 0.1) is 11.3 Å². The molecular formula is C26H37N7OS. The molecular weight excluding hydrogens is 458 g/mol. The van der Waals surface area contributed by atoms with Crippen molar-refractivity contribution in [1.82, 2.24) is 19.7 Å². The van der Waals surface area contributed by atoms with Gasteiger partial charge in [-0.3, -0.25) is 4.79 Å². The van der Waals surface area contributed by atoms with E-state index in [9.17, 15) is 4.79 Å². The van der Waals surface area contributed by atoms with Crippen molar-refractivity contribution in [3.05, 3.63) is 58.5 Å². The van der Waals surface area contributed by atoms with Crippen molar-refractivity contribution in [2.45, 2.75) is 59.4 Å². The molecule has 0 radical (unpaired) electrons. The minimum Gasteiger partial charge on any atom is -0.372 e. The van der Waals surface area contributed by atoms with Gasteiger partial charge >= 0.3 is 0 Å². The molecule has 4 N–H and O–H groups in total. The van der Waals surface area contributed by atoms with Crippen LogP contribution < -0.4 is 16.0 Å². The molecule has 1 amide bonds. The van der Waals surface area contributed by atoms with Crippen molar-refractivity contribution in [3.8, 4) is 5.82 Å². The summed E-state index contributed by atoms with van der Waals surface area (Å²) >= 11 is 4.98. The van der Waals surface area contributed by atoms with Crippen LogP contribution in [0.15, 0.2) is 42.6 Å². The highest BCUT2D eigenvalue weighted by Crippen LogP contribution is 2.37. The lowest BCUT2D eigenvalue weighted by atomic mass is 9.97. The molecule has 9 heteroatoms. The van der Waals surface area contributed by atoms with E-state index >= 15 is 0 Å². The minimum absolute atomic E-state index is 0.0602. The van der Waals surface area contributed by atoms with Gasteiger partial charge in [-0.05, 0) is 69.9 Å². The Balaban J connectivity index is 0.000000241. The molecule has 1 unspecified atom stereocenters. The van der Waals surface area contributed by atoms with E-state index in [0.29, 0.717) is 23.1 Å². The first-order chi connectivity index (χ1) is 16.6. The van der Waals surface area contributed by atoms with Crippen LogP contribution in [0.2, 0.25) is 0 Å². The number of anilines is 2. The molecule has 35 heavy (non-hydrogen) atoms. The highest BCUT2D eigenvalue weighted by Gasteiger charge is 2.38. The Morgan fingerprint density at radius 2 is 2.06 bits per heavy atom. The van der Waals surface area contributed by atoms with Crippen molar-refractivity contribution < 1.29 is 4.79 Å². The molecule has 0 aromatic carbocycles. The number of primary amides is 1. The van der Waals surface area contributed by atoms with Crippen LogP contribution in [0.3, 0.4) is 0 Å². The number of unbranched alkanes of at least 4 members (excludes halogenated alkanes) is 1. The zero-order valence-corrected chi connectivity index (χ0v) is 22.2. The fraction of sp³-hybridized carbons (Fsp3) is 0.462. The Bertz CT molecular complexity index is 1200. The molecule has 8 nitrogen and oxygen atoms in total. The summed E-state index contributed by atoms with van der Waals surface area (Å²) in [5.74, 6) is 2.44. The first kappa shape index (κ1) is 26.4. The lowest BCUT2D eigenvalue weighted by Gasteiger charge is -2.33. The van der Waals surface area contributed by atoms with E-state index in [0.717, 1.165) is 35.7 Å². The number of nitrogens with one attached hydrogen (secondary N) is 2. The summed E-state index contributed by atoms with van der Waals surface area (Å²) in [6, 6.07) is 11.3. The van der Waals surface area contributed by atoms with Crippen LogP contribution in [-0.4, -0.2) is 44.3 Å². The largest absolute Gasteiger partial charge is 0.372 e. The van der Waals surface area contributed by atoms with Gasteiger partial charge in [0.2, 0.25) is 0 Å². The Hall–Kier alpha value is -3.20. The van der Waals surface area contributed by atoms with Crippen LogP contribution in [0, 0.1) is 17.5 Å². The summed E-state index contributed by atoms with van der Waals surface area (Å²) in [6.45, 7) is 12.5. The molecule has 0 spiro atoms. The number of carbonyl (C=O) groups excluding carboxylic acids is 1. The molecule has 0 saturated carbocycles. The molecule has 0 bridgehead atoms. The Morgan fingerprint density at radius 3 is 2.63 bits per heavy atom. The third kappa shape index (κ3) is 6.91. The third-order valence-electron chi connectivity index (χ3n) is 6.03. The number of aryl methyl sites for hydroxylation is 1. The molecule has 1 aliphatic heterocycles. The molecule has 1 saturated heterocycles. The van der Waals surface area contributed by atoms with Gasteiger partial charge in [0, 0.05) is 24.8 Å². The summed E-state index contributed by atoms with van der Waals surface area (Å²) in [6.07, 6.45) is 5.32. The van der Waals surface area contributed by atoms with Gasteiger partial charge in [-0.15, -0.1) is 0 Å². The van der Waals surface area contributed by atoms with Crippen molar-refractivity contribution in [2.75, 3.05) is 23.3 Å². The predicted octanol–water partition coefficient (Wildman–Crippen LogP) is 5.26. The SMILES string of the molecule is CCCCNc1cccc(=S)[nH]1.Cc1ccn(-c2ccc(C(N)=O)c(N3CC(C)CC3(C)C)n2)n1. The molecule has 3 aromatic heterocycles. The topological polar surface area (TPSA) is 105 Å². The van der Waals surface area contributed by atoms with Crippen molar-refractivity contribution in [2.24, 2.45) is 11.7 Å². The Morgan fingerprint density at radius 1 is 1.29 bits per heavy atom. The number of carbonyl (C=O) groups is 1. The number of rotatable bonds is 7. The molecule has 1 aliphatic rings. The van der Waals surface area contributed by atoms with E-state index in [-0.39, 0.29) is 5.54 Å². The number of aromatic nitrogens is 4. The van der Waals surface area contributed by atoms with Gasteiger partial charge in [-0.25, -0.2) is 9.67 Å². The maximum atomic E-state index is 11.9. The van der Waals surface area contributed by atoms with E-state index in [2.05, 4.69) is 48.0 Å². The van der Waals surface area contributed by atoms with Gasteiger partial charge < -0.3 is 20.9 Å². The molecule has 4 rings (SSSR count). The Kier molecular flexibility index (Phi) is 8.67. The normalized spacial score (nSPS) is 16.5. The first-order valence-corrected chi connectivity index (χ1v) is 12.6. The predicted molar refractivity (Wildman–Crippen MR) is 145 cm³/mol. The number of nitrogens with two attached hydrogens (primary N) is 1. The lowest BCUT2D eigenvalue weighted by molar-refractivity contribution is 0.100. The number of pyridine rings is 2. The summed E-state index contributed by atoms with van der Waals surface area (Å²) in [7, 11) is 0. The van der Waals surface area contributed by atoms with Crippen molar-refractivity contribution in [1.29, 1.82) is 0 Å². The second-order valence-electron chi connectivity index (χ2n) is 9.75. The molecule has 1 fully saturated rings. The van der Waals surface area contributed by atoms with Crippen LogP contribution in [0.4, 0.5) is 11.6 Å². The average molecular weight is 496 g/mol. The van der Waals surface area contributed by atoms with Crippen LogP contribution >= 0.6 is 12.2 Å². The summed E-state index contributed by atoms with van der Waals surface area (Å²) in [5, 5.41) is 7.66. The summed E-state index contributed by atoms with van der Waals surface area (Å²) in [5.41, 5.74) is 6.89. The van der Waals surface area contributed by atoms with Gasteiger partial charge in [-0.1, -0.05) is 38.6 Å². The molecule has 4 heterocycles. The fourth-order valence-corrected chi connectivity index (χ4v) is 4.61. The monoisotopic (exact) mass is 495 g/mol. The number of hydrogen-bond acceptors (Lipinski definition) is 6. The number of amides is 1. The first-order valence-electron chi connectivity index (χ1n) is 12.1. The van der Waals surface area contributed by atoms with Gasteiger partial charge in [0.1, 0.15) is 16.3 Å². The van der Waals surface area contributed by atoms with Gasteiger partial charge in [-0.2, -0.15) is 5.10 Å². The zero-order chi connectivity index (χ0) is 25.6. The van der Waals surface area contributed by atoms with E-state index in [1.165, 1.54) is 12.8 Å². The fourth-order valence-electron chi connectivity index (χ4n) is 4.42. The minimum atomic E-state index is -0.453. The third-order valence-corrected chi connectivity index (χ3v) is 6.26. The van der Waals surface area contributed by atoms with Gasteiger partial charge in [0.15, 0.2) is 5.82 Å². The molecule has 0 aliphatic carbocycles. The number of H-pyrrole nitrogens is 1. The van der Waals surface area contributed by atoms with Crippen LogP contribution in [0.25, 0.3) is 5.82 Å². The summed E-state index contributed by atoms with van der Waals surface area (Å²) < 4.78 is 2.49. The van der Waals surface area contributed by atoms with E-state index in [4.69, 9.17) is 22.9 Å². The van der Waals surface area contributed by atoms with Crippen LogP contribution in [-0.2, 0) is 0 Å². The quantitative estimate of drug-likeness (QED) is 0.305. The maximum Gasteiger partial charge on any atom is 0.252 e. The number of nitrogens with zero attached hydrogens (tertiary/aromatic N) is 4.